The van der Waals surface area contributed by atoms with E-state index in [4.69, 9.17) is 0 Å². The third-order valence-corrected chi connectivity index (χ3v) is 10.9. The number of hydrogen-bond acceptors (Lipinski definition) is 4. The van der Waals surface area contributed by atoms with Crippen LogP contribution in [0.4, 0.5) is 0 Å². The van der Waals surface area contributed by atoms with Gasteiger partial charge in [0.25, 0.3) is 5.01 Å². The van der Waals surface area contributed by atoms with Crippen LogP contribution >= 0.6 is 32.9 Å². The molecule has 0 fully saturated rings. The SMILES string of the molecule is CNC/C=C/c1cn(CCSSCCn2cc(/C=C/c3sc4ccccc4[n+]3C)c3ccccc32)c2ccccc12. The normalized spacial score (nSPS) is 12.2. The Morgan fingerprint density at radius 2 is 1.34 bits per heavy atom. The number of thiazole rings is 1. The van der Waals surface area contributed by atoms with Gasteiger partial charge in [-0.05, 0) is 36.9 Å². The van der Waals surface area contributed by atoms with Crippen molar-refractivity contribution >= 4 is 83.2 Å². The summed E-state index contributed by atoms with van der Waals surface area (Å²) in [5.74, 6) is 2.15. The summed E-state index contributed by atoms with van der Waals surface area (Å²) < 4.78 is 8.41. The molecule has 0 atom stereocenters. The van der Waals surface area contributed by atoms with E-state index in [2.05, 4.69) is 136 Å². The second kappa shape index (κ2) is 13.2. The van der Waals surface area contributed by atoms with Crippen molar-refractivity contribution < 1.29 is 4.57 Å². The van der Waals surface area contributed by atoms with Gasteiger partial charge < -0.3 is 14.5 Å². The lowest BCUT2D eigenvalue weighted by Crippen LogP contribution is -2.28. The first kappa shape index (κ1) is 27.9. The van der Waals surface area contributed by atoms with Crippen LogP contribution in [0.25, 0.3) is 50.3 Å². The number of aryl methyl sites for hydroxylation is 3. The van der Waals surface area contributed by atoms with Crippen molar-refractivity contribution in [2.45, 2.75) is 13.1 Å². The summed E-state index contributed by atoms with van der Waals surface area (Å²) in [7, 11) is 8.07. The van der Waals surface area contributed by atoms with E-state index in [-0.39, 0.29) is 0 Å². The van der Waals surface area contributed by atoms with Gasteiger partial charge in [-0.25, -0.2) is 0 Å². The molecule has 3 aromatic carbocycles. The number of nitrogens with one attached hydrogen (secondary N) is 1. The van der Waals surface area contributed by atoms with E-state index in [0.29, 0.717) is 0 Å². The Morgan fingerprint density at radius 1 is 0.756 bits per heavy atom. The van der Waals surface area contributed by atoms with Crippen molar-refractivity contribution in [3.05, 3.63) is 107 Å². The Morgan fingerprint density at radius 3 is 1.98 bits per heavy atom. The van der Waals surface area contributed by atoms with E-state index in [0.717, 1.165) is 31.1 Å². The maximum atomic E-state index is 3.18. The van der Waals surface area contributed by atoms with Gasteiger partial charge in [-0.2, -0.15) is 4.57 Å². The molecule has 41 heavy (non-hydrogen) atoms. The fraction of sp³-hybridized carbons (Fsp3) is 0.206. The molecule has 0 aliphatic carbocycles. The largest absolute Gasteiger partial charge is 0.346 e. The Bertz CT molecular complexity index is 1840. The van der Waals surface area contributed by atoms with Gasteiger partial charge in [0.05, 0.1) is 0 Å². The monoisotopic (exact) mass is 595 g/mol. The van der Waals surface area contributed by atoms with Crippen molar-refractivity contribution in [3.8, 4) is 0 Å². The molecule has 0 saturated heterocycles. The summed E-state index contributed by atoms with van der Waals surface area (Å²) >= 11 is 1.84. The average Bonchev–Trinajstić information content (AvgIpc) is 3.65. The number of fused-ring (bicyclic) bond motifs is 3. The van der Waals surface area contributed by atoms with Crippen LogP contribution in [-0.4, -0.2) is 34.2 Å². The van der Waals surface area contributed by atoms with Gasteiger partial charge in [-0.15, -0.1) is 0 Å². The fourth-order valence-electron chi connectivity index (χ4n) is 5.31. The lowest BCUT2D eigenvalue weighted by molar-refractivity contribution is -0.642. The molecule has 208 valence electrons. The highest BCUT2D eigenvalue weighted by atomic mass is 33.1. The van der Waals surface area contributed by atoms with E-state index in [1.165, 1.54) is 48.2 Å². The maximum Gasteiger partial charge on any atom is 0.262 e. The quantitative estimate of drug-likeness (QED) is 0.0879. The van der Waals surface area contributed by atoms with Crippen LogP contribution < -0.4 is 9.88 Å². The molecule has 0 spiro atoms. The molecule has 1 N–H and O–H groups in total. The number of para-hydroxylation sites is 3. The first-order chi connectivity index (χ1) is 20.2. The Kier molecular flexibility index (Phi) is 8.97. The third kappa shape index (κ3) is 6.19. The van der Waals surface area contributed by atoms with E-state index in [9.17, 15) is 0 Å². The van der Waals surface area contributed by atoms with Crippen molar-refractivity contribution in [2.24, 2.45) is 7.05 Å². The van der Waals surface area contributed by atoms with E-state index in [1.807, 2.05) is 40.0 Å². The molecule has 3 aromatic heterocycles. The maximum absolute atomic E-state index is 3.18. The number of aromatic nitrogens is 3. The molecule has 0 saturated carbocycles. The standard InChI is InChI=1S/C34H35N4S3/c1-35-19-9-10-26-24-37(30-13-5-3-11-28(26)30)20-22-39-40-23-21-38-25-27(29-12-4-6-14-31(29)38)17-18-34-36(2)32-15-7-8-16-33(32)41-34/h3-18,24-25,35H,19-23H2,1-2H3/q+1/b10-9+. The zero-order valence-electron chi connectivity index (χ0n) is 23.5. The zero-order chi connectivity index (χ0) is 28.0. The number of rotatable bonds is 12. The second-order valence-corrected chi connectivity index (χ2v) is 13.8. The predicted octanol–water partition coefficient (Wildman–Crippen LogP) is 8.12. The Hall–Kier alpha value is -3.23. The van der Waals surface area contributed by atoms with Gasteiger partial charge >= 0.3 is 0 Å². The summed E-state index contributed by atoms with van der Waals surface area (Å²) in [6.07, 6.45) is 13.6. The van der Waals surface area contributed by atoms with Gasteiger partial charge in [0.2, 0.25) is 5.52 Å². The van der Waals surface area contributed by atoms with Gasteiger partial charge in [0, 0.05) is 83.0 Å². The molecule has 6 aromatic rings. The van der Waals surface area contributed by atoms with Crippen molar-refractivity contribution in [3.63, 3.8) is 0 Å². The van der Waals surface area contributed by atoms with Gasteiger partial charge in [-0.3, -0.25) is 0 Å². The van der Waals surface area contributed by atoms with E-state index < -0.39 is 0 Å². The summed E-state index contributed by atoms with van der Waals surface area (Å²) in [5, 5.41) is 7.07. The van der Waals surface area contributed by atoms with Crippen LogP contribution in [0, 0.1) is 0 Å². The molecule has 3 heterocycles. The Balaban J connectivity index is 1.07. The van der Waals surface area contributed by atoms with E-state index >= 15 is 0 Å². The molecule has 0 radical (unpaired) electrons. The minimum atomic E-state index is 0.880. The van der Waals surface area contributed by atoms with Crippen LogP contribution in [0.1, 0.15) is 16.1 Å². The average molecular weight is 596 g/mol. The summed E-state index contributed by atoms with van der Waals surface area (Å²) in [4.78, 5) is 0. The van der Waals surface area contributed by atoms with Crippen LogP contribution in [-0.2, 0) is 20.1 Å². The van der Waals surface area contributed by atoms with Crippen LogP contribution in [0.3, 0.4) is 0 Å². The number of hydrogen-bond donors (Lipinski definition) is 1. The summed E-state index contributed by atoms with van der Waals surface area (Å²) in [6, 6.07) is 26.1. The molecule has 4 nitrogen and oxygen atoms in total. The minimum absolute atomic E-state index is 0.880. The van der Waals surface area contributed by atoms with Crippen molar-refractivity contribution in [1.29, 1.82) is 0 Å². The van der Waals surface area contributed by atoms with Crippen LogP contribution in [0.5, 0.6) is 0 Å². The number of benzene rings is 3. The van der Waals surface area contributed by atoms with E-state index in [1.54, 1.807) is 0 Å². The highest BCUT2D eigenvalue weighted by Crippen LogP contribution is 2.28. The lowest BCUT2D eigenvalue weighted by Gasteiger charge is -2.06. The Labute approximate surface area is 253 Å². The van der Waals surface area contributed by atoms with Crippen LogP contribution in [0.15, 0.2) is 91.3 Å². The molecule has 0 aliphatic rings. The molecular formula is C34H35N4S3+. The molecule has 0 bridgehead atoms. The van der Waals surface area contributed by atoms with Gasteiger partial charge in [0.15, 0.2) is 0 Å². The highest BCUT2D eigenvalue weighted by molar-refractivity contribution is 8.76. The molecule has 7 heteroatoms. The zero-order valence-corrected chi connectivity index (χ0v) is 25.9. The van der Waals surface area contributed by atoms with Crippen molar-refractivity contribution in [1.82, 2.24) is 14.5 Å². The third-order valence-electron chi connectivity index (χ3n) is 7.35. The predicted molar refractivity (Wildman–Crippen MR) is 184 cm³/mol. The number of likely N-dealkylation sites (N-methyl/N-ethyl adjacent to an activating group) is 1. The molecule has 0 amide bonds. The second-order valence-electron chi connectivity index (χ2n) is 9.99. The van der Waals surface area contributed by atoms with Crippen molar-refractivity contribution in [2.75, 3.05) is 25.1 Å². The number of nitrogens with zero attached hydrogens (tertiary/aromatic N) is 3. The first-order valence-corrected chi connectivity index (χ1v) is 17.3. The highest BCUT2D eigenvalue weighted by Gasteiger charge is 2.14. The fourth-order valence-corrected chi connectivity index (χ4v) is 8.29. The smallest absolute Gasteiger partial charge is 0.262 e. The minimum Gasteiger partial charge on any atom is -0.346 e. The molecule has 0 unspecified atom stereocenters. The summed E-state index contributed by atoms with van der Waals surface area (Å²) in [6.45, 7) is 2.88. The molecule has 0 aliphatic heterocycles. The lowest BCUT2D eigenvalue weighted by atomic mass is 10.1. The topological polar surface area (TPSA) is 25.8 Å². The molecular weight excluding hydrogens is 561 g/mol. The van der Waals surface area contributed by atoms with Gasteiger partial charge in [-0.1, -0.05) is 93.6 Å². The summed E-state index contributed by atoms with van der Waals surface area (Å²) in [5.41, 5.74) is 6.46. The first-order valence-electron chi connectivity index (χ1n) is 14.0. The molecule has 6 rings (SSSR count). The van der Waals surface area contributed by atoms with Gasteiger partial charge in [0.1, 0.15) is 11.7 Å². The van der Waals surface area contributed by atoms with Crippen LogP contribution in [0.2, 0.25) is 0 Å².